The van der Waals surface area contributed by atoms with Crippen molar-refractivity contribution in [1.82, 2.24) is 5.43 Å². The van der Waals surface area contributed by atoms with Crippen LogP contribution in [0.3, 0.4) is 0 Å². The molecule has 0 bridgehead atoms. The van der Waals surface area contributed by atoms with E-state index in [2.05, 4.69) is 42.3 Å². The molecule has 3 nitrogen and oxygen atoms in total. The zero-order chi connectivity index (χ0) is 12.3. The normalized spacial score (nSPS) is 17.5. The Hall–Kier alpha value is -0.390. The summed E-state index contributed by atoms with van der Waals surface area (Å²) >= 11 is 6.94. The standard InChI is InChI=1S/C12H15Br2N3/c13-9-5-8(6-10(14)7-9)12(17-15)16-11-3-1-2-4-11/h5-7,11H,1-4,15H2,(H,16,17). The van der Waals surface area contributed by atoms with Gasteiger partial charge in [-0.15, -0.1) is 0 Å². The van der Waals surface area contributed by atoms with E-state index in [4.69, 9.17) is 5.84 Å². The van der Waals surface area contributed by atoms with Crippen LogP contribution in [-0.4, -0.2) is 11.9 Å². The highest BCUT2D eigenvalue weighted by atomic mass is 79.9. The van der Waals surface area contributed by atoms with E-state index in [1.807, 2.05) is 18.2 Å². The smallest absolute Gasteiger partial charge is 0.142 e. The van der Waals surface area contributed by atoms with Crippen molar-refractivity contribution in [2.45, 2.75) is 31.7 Å². The second kappa shape index (κ2) is 5.98. The van der Waals surface area contributed by atoms with E-state index in [0.29, 0.717) is 6.04 Å². The lowest BCUT2D eigenvalue weighted by Gasteiger charge is -2.10. The number of benzene rings is 1. The number of nitrogens with one attached hydrogen (secondary N) is 1. The van der Waals surface area contributed by atoms with Crippen molar-refractivity contribution in [3.05, 3.63) is 32.7 Å². The molecule has 0 aromatic heterocycles. The molecule has 0 spiro atoms. The zero-order valence-corrected chi connectivity index (χ0v) is 12.6. The molecule has 92 valence electrons. The SMILES string of the molecule is NNC(=NC1CCCC1)c1cc(Br)cc(Br)c1. The maximum absolute atomic E-state index is 5.57. The quantitative estimate of drug-likeness (QED) is 0.367. The van der Waals surface area contributed by atoms with Crippen molar-refractivity contribution in [3.63, 3.8) is 0 Å². The average Bonchev–Trinajstić information content (AvgIpc) is 2.77. The number of hydrazine groups is 1. The second-order valence-electron chi connectivity index (χ2n) is 4.22. The van der Waals surface area contributed by atoms with Gasteiger partial charge in [-0.1, -0.05) is 44.7 Å². The predicted molar refractivity (Wildman–Crippen MR) is 78.0 cm³/mol. The number of aliphatic imine (C=N–C) groups is 1. The minimum Gasteiger partial charge on any atom is -0.308 e. The van der Waals surface area contributed by atoms with Crippen LogP contribution < -0.4 is 11.3 Å². The molecule has 0 heterocycles. The molecule has 17 heavy (non-hydrogen) atoms. The third-order valence-electron chi connectivity index (χ3n) is 2.91. The highest BCUT2D eigenvalue weighted by Crippen LogP contribution is 2.23. The van der Waals surface area contributed by atoms with E-state index in [9.17, 15) is 0 Å². The predicted octanol–water partition coefficient (Wildman–Crippen LogP) is 3.36. The fraction of sp³-hybridized carbons (Fsp3) is 0.417. The van der Waals surface area contributed by atoms with Crippen LogP contribution in [0.4, 0.5) is 0 Å². The fourth-order valence-corrected chi connectivity index (χ4v) is 3.40. The number of hydrogen-bond acceptors (Lipinski definition) is 2. The van der Waals surface area contributed by atoms with Gasteiger partial charge in [0.2, 0.25) is 0 Å². The number of nitrogens with two attached hydrogens (primary N) is 1. The molecule has 0 saturated heterocycles. The van der Waals surface area contributed by atoms with E-state index in [0.717, 1.165) is 20.3 Å². The van der Waals surface area contributed by atoms with Crippen molar-refractivity contribution in [2.24, 2.45) is 10.8 Å². The van der Waals surface area contributed by atoms with Crippen LogP contribution in [0.1, 0.15) is 31.2 Å². The van der Waals surface area contributed by atoms with Crippen LogP contribution in [-0.2, 0) is 0 Å². The van der Waals surface area contributed by atoms with Crippen LogP contribution >= 0.6 is 31.9 Å². The van der Waals surface area contributed by atoms with Crippen LogP contribution in [0.25, 0.3) is 0 Å². The van der Waals surface area contributed by atoms with Gasteiger partial charge in [-0.25, -0.2) is 5.84 Å². The Morgan fingerprint density at radius 1 is 1.18 bits per heavy atom. The van der Waals surface area contributed by atoms with Crippen molar-refractivity contribution in [2.75, 3.05) is 0 Å². The van der Waals surface area contributed by atoms with E-state index < -0.39 is 0 Å². The molecular weight excluding hydrogens is 346 g/mol. The minimum absolute atomic E-state index is 0.416. The molecule has 0 atom stereocenters. The molecule has 1 aromatic carbocycles. The van der Waals surface area contributed by atoms with E-state index in [1.165, 1.54) is 25.7 Å². The molecule has 1 aliphatic rings. The summed E-state index contributed by atoms with van der Waals surface area (Å²) in [6.45, 7) is 0. The summed E-state index contributed by atoms with van der Waals surface area (Å²) in [6, 6.07) is 6.43. The summed E-state index contributed by atoms with van der Waals surface area (Å²) in [7, 11) is 0. The first-order chi connectivity index (χ1) is 8.19. The summed E-state index contributed by atoms with van der Waals surface area (Å²) in [4.78, 5) is 4.69. The summed E-state index contributed by atoms with van der Waals surface area (Å²) in [5, 5.41) is 0. The van der Waals surface area contributed by atoms with Gasteiger partial charge >= 0.3 is 0 Å². The number of halogens is 2. The maximum atomic E-state index is 5.57. The zero-order valence-electron chi connectivity index (χ0n) is 9.42. The van der Waals surface area contributed by atoms with Gasteiger partial charge in [0.1, 0.15) is 5.84 Å². The monoisotopic (exact) mass is 359 g/mol. The topological polar surface area (TPSA) is 50.4 Å². The summed E-state index contributed by atoms with van der Waals surface area (Å²) in [5.74, 6) is 6.33. The molecule has 0 amide bonds. The van der Waals surface area contributed by atoms with Gasteiger partial charge in [0.25, 0.3) is 0 Å². The molecule has 2 rings (SSSR count). The molecule has 0 aliphatic heterocycles. The third kappa shape index (κ3) is 3.53. The Morgan fingerprint density at radius 3 is 2.29 bits per heavy atom. The second-order valence-corrected chi connectivity index (χ2v) is 6.05. The van der Waals surface area contributed by atoms with Gasteiger partial charge in [-0.05, 0) is 31.0 Å². The van der Waals surface area contributed by atoms with E-state index in [1.54, 1.807) is 0 Å². The molecule has 0 unspecified atom stereocenters. The summed E-state index contributed by atoms with van der Waals surface area (Å²) in [5.41, 5.74) is 3.71. The van der Waals surface area contributed by atoms with Gasteiger partial charge in [-0.3, -0.25) is 4.99 Å². The Morgan fingerprint density at radius 2 is 1.76 bits per heavy atom. The van der Waals surface area contributed by atoms with Crippen LogP contribution in [0.2, 0.25) is 0 Å². The average molecular weight is 361 g/mol. The van der Waals surface area contributed by atoms with Crippen molar-refractivity contribution in [1.29, 1.82) is 0 Å². The molecule has 1 aromatic rings. The van der Waals surface area contributed by atoms with Crippen LogP contribution in [0, 0.1) is 0 Å². The minimum atomic E-state index is 0.416. The van der Waals surface area contributed by atoms with Gasteiger partial charge in [0.05, 0.1) is 6.04 Å². The Labute approximate surface area is 118 Å². The summed E-state index contributed by atoms with van der Waals surface area (Å²) < 4.78 is 2.02. The summed E-state index contributed by atoms with van der Waals surface area (Å²) in [6.07, 6.45) is 4.88. The highest BCUT2D eigenvalue weighted by Gasteiger charge is 2.15. The highest BCUT2D eigenvalue weighted by molar-refractivity contribution is 9.11. The number of amidine groups is 1. The Balaban J connectivity index is 2.27. The molecule has 1 fully saturated rings. The number of hydrogen-bond donors (Lipinski definition) is 2. The lowest BCUT2D eigenvalue weighted by Crippen LogP contribution is -2.32. The Kier molecular flexibility index (Phi) is 4.59. The molecular formula is C12H15Br2N3. The first-order valence-corrected chi connectivity index (χ1v) is 7.28. The van der Waals surface area contributed by atoms with Crippen LogP contribution in [0.5, 0.6) is 0 Å². The van der Waals surface area contributed by atoms with E-state index in [-0.39, 0.29) is 0 Å². The third-order valence-corrected chi connectivity index (χ3v) is 3.82. The van der Waals surface area contributed by atoms with Crippen LogP contribution in [0.15, 0.2) is 32.1 Å². The van der Waals surface area contributed by atoms with Crippen molar-refractivity contribution < 1.29 is 0 Å². The largest absolute Gasteiger partial charge is 0.308 e. The number of rotatable bonds is 2. The number of nitrogens with zero attached hydrogens (tertiary/aromatic N) is 1. The lowest BCUT2D eigenvalue weighted by molar-refractivity contribution is 0.701. The van der Waals surface area contributed by atoms with Crippen molar-refractivity contribution in [3.8, 4) is 0 Å². The maximum Gasteiger partial charge on any atom is 0.142 e. The van der Waals surface area contributed by atoms with Crippen molar-refractivity contribution >= 4 is 37.7 Å². The van der Waals surface area contributed by atoms with Gasteiger partial charge in [-0.2, -0.15) is 0 Å². The molecule has 1 aliphatic carbocycles. The molecule has 0 radical (unpaired) electrons. The molecule has 1 saturated carbocycles. The fourth-order valence-electron chi connectivity index (χ4n) is 2.10. The molecule has 3 N–H and O–H groups in total. The van der Waals surface area contributed by atoms with Gasteiger partial charge in [0.15, 0.2) is 0 Å². The van der Waals surface area contributed by atoms with Gasteiger partial charge in [0, 0.05) is 14.5 Å². The lowest BCUT2D eigenvalue weighted by atomic mass is 10.2. The molecule has 5 heteroatoms. The Bertz CT molecular complexity index is 406. The van der Waals surface area contributed by atoms with Gasteiger partial charge < -0.3 is 5.43 Å². The van der Waals surface area contributed by atoms with E-state index >= 15 is 0 Å². The first-order valence-electron chi connectivity index (χ1n) is 5.70. The first kappa shape index (κ1) is 13.1.